The number of nitrogens with one attached hydrogen (secondary N) is 5. The number of ether oxygens (including phenoxy) is 1. The smallest absolute Gasteiger partial charge is 0.328 e. The molecule has 15 nitrogen and oxygen atoms in total. The Bertz CT molecular complexity index is 1280. The summed E-state index contributed by atoms with van der Waals surface area (Å²) in [6.07, 6.45) is 1.73. The van der Waals surface area contributed by atoms with E-state index in [0.29, 0.717) is 25.9 Å². The van der Waals surface area contributed by atoms with Gasteiger partial charge in [-0.05, 0) is 57.1 Å². The Morgan fingerprint density at radius 1 is 0.816 bits per heavy atom. The van der Waals surface area contributed by atoms with E-state index in [9.17, 15) is 28.8 Å². The number of carbonyl (C=O) groups is 6. The summed E-state index contributed by atoms with van der Waals surface area (Å²) in [5.74, 6) is -3.62. The van der Waals surface area contributed by atoms with Crippen molar-refractivity contribution in [1.29, 1.82) is 0 Å². The van der Waals surface area contributed by atoms with Crippen LogP contribution in [0.5, 0.6) is 0 Å². The highest BCUT2D eigenvalue weighted by Crippen LogP contribution is 2.20. The first-order chi connectivity index (χ1) is 23.1. The van der Waals surface area contributed by atoms with E-state index < -0.39 is 78.5 Å². The highest BCUT2D eigenvalue weighted by Gasteiger charge is 2.37. The van der Waals surface area contributed by atoms with Crippen LogP contribution in [0.15, 0.2) is 30.3 Å². The van der Waals surface area contributed by atoms with Crippen molar-refractivity contribution in [1.82, 2.24) is 31.5 Å². The van der Waals surface area contributed by atoms with E-state index in [1.807, 2.05) is 49.1 Å². The van der Waals surface area contributed by atoms with Crippen LogP contribution in [0.1, 0.15) is 59.9 Å². The van der Waals surface area contributed by atoms with Gasteiger partial charge in [0.15, 0.2) is 0 Å². The number of hydrogen-bond acceptors (Lipinski definition) is 10. The molecular formula is C34H55N7O8. The van der Waals surface area contributed by atoms with Gasteiger partial charge in [-0.2, -0.15) is 0 Å². The molecule has 0 unspecified atom stereocenters. The minimum Gasteiger partial charge on any atom is -0.467 e. The Kier molecular flexibility index (Phi) is 16.6. The fraction of sp³-hybridized carbons (Fsp3) is 0.647. The first kappa shape index (κ1) is 41.1. The van der Waals surface area contributed by atoms with Gasteiger partial charge in [0.05, 0.1) is 19.8 Å². The summed E-state index contributed by atoms with van der Waals surface area (Å²) in [6.45, 7) is 10.5. The summed E-state index contributed by atoms with van der Waals surface area (Å²) in [7, 11) is 1.25. The number of aliphatic hydroxyl groups excluding tert-OH is 1. The van der Waals surface area contributed by atoms with E-state index in [-0.39, 0.29) is 17.7 Å². The van der Waals surface area contributed by atoms with Crippen LogP contribution in [0.4, 0.5) is 0 Å². The number of nitrogens with zero attached hydrogens (tertiary/aromatic N) is 1. The molecule has 274 valence electrons. The van der Waals surface area contributed by atoms with Crippen molar-refractivity contribution in [2.24, 2.45) is 17.6 Å². The number of amides is 5. The zero-order valence-electron chi connectivity index (χ0n) is 29.7. The zero-order valence-corrected chi connectivity index (χ0v) is 29.7. The lowest BCUT2D eigenvalue weighted by Gasteiger charge is -2.31. The first-order valence-corrected chi connectivity index (χ1v) is 16.8. The highest BCUT2D eigenvalue weighted by molar-refractivity contribution is 5.93. The van der Waals surface area contributed by atoms with Crippen molar-refractivity contribution >= 4 is 35.5 Å². The molecule has 1 aromatic carbocycles. The molecule has 5 amide bonds. The number of aliphatic hydroxyl groups is 1. The Balaban J connectivity index is 2.15. The van der Waals surface area contributed by atoms with Gasteiger partial charge in [0.2, 0.25) is 29.5 Å². The zero-order chi connectivity index (χ0) is 36.8. The van der Waals surface area contributed by atoms with E-state index in [0.717, 1.165) is 12.0 Å². The highest BCUT2D eigenvalue weighted by atomic mass is 16.5. The van der Waals surface area contributed by atoms with Gasteiger partial charge in [-0.15, -0.1) is 0 Å². The average Bonchev–Trinajstić information content (AvgIpc) is 3.53. The summed E-state index contributed by atoms with van der Waals surface area (Å²) in [4.78, 5) is 79.2. The number of esters is 1. The van der Waals surface area contributed by atoms with E-state index in [4.69, 9.17) is 15.6 Å². The quantitative estimate of drug-likeness (QED) is 0.0929. The van der Waals surface area contributed by atoms with E-state index >= 15 is 0 Å². The number of rotatable bonds is 18. The number of hydrogen-bond donors (Lipinski definition) is 7. The van der Waals surface area contributed by atoms with Gasteiger partial charge in [0.25, 0.3) is 0 Å². The molecule has 0 saturated carbocycles. The average molecular weight is 690 g/mol. The van der Waals surface area contributed by atoms with E-state index in [1.54, 1.807) is 13.8 Å². The first-order valence-electron chi connectivity index (χ1n) is 16.8. The van der Waals surface area contributed by atoms with Crippen LogP contribution in [0.2, 0.25) is 0 Å². The maximum Gasteiger partial charge on any atom is 0.328 e. The van der Waals surface area contributed by atoms with Crippen LogP contribution >= 0.6 is 0 Å². The van der Waals surface area contributed by atoms with Gasteiger partial charge in [-0.1, -0.05) is 58.0 Å². The molecule has 1 aliphatic rings. The second-order valence-corrected chi connectivity index (χ2v) is 13.3. The van der Waals surface area contributed by atoms with Gasteiger partial charge in [0, 0.05) is 12.6 Å². The molecule has 0 radical (unpaired) electrons. The van der Waals surface area contributed by atoms with Gasteiger partial charge in [0.1, 0.15) is 30.2 Å². The Morgan fingerprint density at radius 2 is 1.39 bits per heavy atom. The topological polar surface area (TPSA) is 221 Å². The molecule has 15 heteroatoms. The SMILES string of the molecule is COC(=O)[C@@H](NC(=O)[C@@H](NC(=O)[C@@H]1CCCN1C[C@H](Cc1ccccc1)NC(=O)[C@H](C)NC(=O)[C@H](C)NC(=O)[C@@H](N)CO)C(C)C)C(C)C. The summed E-state index contributed by atoms with van der Waals surface area (Å²) in [5, 5.41) is 22.7. The molecule has 0 aromatic heterocycles. The summed E-state index contributed by atoms with van der Waals surface area (Å²) in [6, 6.07) is 3.65. The summed E-state index contributed by atoms with van der Waals surface area (Å²) >= 11 is 0. The lowest BCUT2D eigenvalue weighted by molar-refractivity contribution is -0.147. The molecular weight excluding hydrogens is 634 g/mol. The molecule has 2 rings (SSSR count). The lowest BCUT2D eigenvalue weighted by Crippen LogP contribution is -2.58. The Labute approximate surface area is 288 Å². The molecule has 1 saturated heterocycles. The number of methoxy groups -OCH3 is 1. The van der Waals surface area contributed by atoms with Crippen LogP contribution in [-0.2, 0) is 39.9 Å². The van der Waals surface area contributed by atoms with Gasteiger partial charge < -0.3 is 42.2 Å². The molecule has 0 bridgehead atoms. The third-order valence-electron chi connectivity index (χ3n) is 8.50. The molecule has 8 N–H and O–H groups in total. The van der Waals surface area contributed by atoms with Crippen molar-refractivity contribution in [3.8, 4) is 0 Å². The van der Waals surface area contributed by atoms with Crippen LogP contribution in [-0.4, -0.2) is 115 Å². The Hall–Kier alpha value is -4.08. The molecule has 1 aromatic rings. The van der Waals surface area contributed by atoms with Crippen molar-refractivity contribution in [2.45, 2.75) is 103 Å². The molecule has 7 atom stereocenters. The van der Waals surface area contributed by atoms with Gasteiger partial charge in [-0.25, -0.2) is 4.79 Å². The third kappa shape index (κ3) is 12.7. The number of nitrogens with two attached hydrogens (primary N) is 1. The fourth-order valence-electron chi connectivity index (χ4n) is 5.54. The predicted octanol–water partition coefficient (Wildman–Crippen LogP) is -1.04. The second-order valence-electron chi connectivity index (χ2n) is 13.3. The molecule has 0 spiro atoms. The van der Waals surface area contributed by atoms with Gasteiger partial charge in [-0.3, -0.25) is 28.9 Å². The maximum absolute atomic E-state index is 13.7. The lowest BCUT2D eigenvalue weighted by atomic mass is 9.99. The van der Waals surface area contributed by atoms with Crippen LogP contribution in [0.3, 0.4) is 0 Å². The third-order valence-corrected chi connectivity index (χ3v) is 8.50. The Morgan fingerprint density at radius 3 is 1.94 bits per heavy atom. The van der Waals surface area contributed by atoms with Crippen LogP contribution < -0.4 is 32.3 Å². The second kappa shape index (κ2) is 19.8. The standard InChI is InChI=1S/C34H55N7O8/c1-19(2)27(33(47)40-28(20(3)4)34(48)49-7)39-32(46)26-14-11-15-41(26)17-24(16-23-12-9-8-10-13-23)38-30(44)22(6)36-29(43)21(5)37-31(45)25(35)18-42/h8-10,12-13,19-22,24-28,42H,11,14-18,35H2,1-7H3,(H,36,43)(H,37,45)(H,38,44)(H,39,46)(H,40,47)/t21-,22-,24-,25-,26-,27-,28-/m0/s1. The van der Waals surface area contributed by atoms with Crippen molar-refractivity contribution in [3.05, 3.63) is 35.9 Å². The number of likely N-dealkylation sites (tertiary alicyclic amines) is 1. The minimum atomic E-state index is -1.18. The van der Waals surface area contributed by atoms with Gasteiger partial charge >= 0.3 is 5.97 Å². The molecule has 0 aliphatic carbocycles. The van der Waals surface area contributed by atoms with Crippen LogP contribution in [0, 0.1) is 11.8 Å². The molecule has 1 aliphatic heterocycles. The normalized spacial score (nSPS) is 18.4. The fourth-order valence-corrected chi connectivity index (χ4v) is 5.54. The van der Waals surface area contributed by atoms with Crippen LogP contribution in [0.25, 0.3) is 0 Å². The van der Waals surface area contributed by atoms with Crippen molar-refractivity contribution in [3.63, 3.8) is 0 Å². The predicted molar refractivity (Wildman–Crippen MR) is 182 cm³/mol. The van der Waals surface area contributed by atoms with Crippen molar-refractivity contribution < 1.29 is 38.6 Å². The largest absolute Gasteiger partial charge is 0.467 e. The molecule has 1 heterocycles. The van der Waals surface area contributed by atoms with E-state index in [2.05, 4.69) is 26.6 Å². The number of benzene rings is 1. The minimum absolute atomic E-state index is 0.224. The number of carbonyl (C=O) groups excluding carboxylic acids is 6. The van der Waals surface area contributed by atoms with E-state index in [1.165, 1.54) is 21.0 Å². The van der Waals surface area contributed by atoms with Crippen molar-refractivity contribution in [2.75, 3.05) is 26.8 Å². The monoisotopic (exact) mass is 689 g/mol. The summed E-state index contributed by atoms with van der Waals surface area (Å²) in [5.41, 5.74) is 6.46. The molecule has 1 fully saturated rings. The molecule has 49 heavy (non-hydrogen) atoms. The maximum atomic E-state index is 13.7. The summed E-state index contributed by atoms with van der Waals surface area (Å²) < 4.78 is 4.84.